The molecule has 0 saturated carbocycles. The molecule has 9 heteroatoms. The standard InChI is InChI=1S/C23H25Cl2N7/c1-16-15-31(22-19(25)5-4-6-27-22)9-10-32(16)21-12-20(17-11-18(24)14-26-13-17)28-23(29-21)30-7-2-3-8-30/h4-6,11-14,16H,2-3,7-10,15H2,1H3/t16-/m1/s1. The number of halogens is 2. The van der Waals surface area contributed by atoms with Crippen LogP contribution in [0.2, 0.25) is 10.0 Å². The number of aromatic nitrogens is 4. The second kappa shape index (κ2) is 9.08. The Balaban J connectivity index is 1.46. The summed E-state index contributed by atoms with van der Waals surface area (Å²) in [4.78, 5) is 25.4. The van der Waals surface area contributed by atoms with Crippen LogP contribution in [0.3, 0.4) is 0 Å². The van der Waals surface area contributed by atoms with E-state index in [0.29, 0.717) is 10.0 Å². The average molecular weight is 470 g/mol. The molecule has 0 radical (unpaired) electrons. The predicted octanol–water partition coefficient (Wildman–Crippen LogP) is 4.56. The first-order valence-electron chi connectivity index (χ1n) is 11.0. The first-order valence-corrected chi connectivity index (χ1v) is 11.7. The van der Waals surface area contributed by atoms with Crippen molar-refractivity contribution in [1.29, 1.82) is 0 Å². The molecule has 0 N–H and O–H groups in total. The lowest BCUT2D eigenvalue weighted by Crippen LogP contribution is -2.52. The van der Waals surface area contributed by atoms with Crippen LogP contribution in [0.1, 0.15) is 19.8 Å². The van der Waals surface area contributed by atoms with Crippen LogP contribution in [0.25, 0.3) is 11.3 Å². The smallest absolute Gasteiger partial charge is 0.227 e. The molecule has 5 rings (SSSR count). The van der Waals surface area contributed by atoms with Crippen LogP contribution in [-0.4, -0.2) is 58.7 Å². The van der Waals surface area contributed by atoms with Gasteiger partial charge in [0.15, 0.2) is 0 Å². The highest BCUT2D eigenvalue weighted by Crippen LogP contribution is 2.31. The van der Waals surface area contributed by atoms with Gasteiger partial charge in [0, 0.05) is 69.0 Å². The van der Waals surface area contributed by atoms with Crippen LogP contribution in [0.15, 0.2) is 42.9 Å². The van der Waals surface area contributed by atoms with Gasteiger partial charge >= 0.3 is 0 Å². The van der Waals surface area contributed by atoms with Gasteiger partial charge in [-0.15, -0.1) is 0 Å². The molecule has 3 aromatic rings. The molecular formula is C23H25Cl2N7. The Labute approximate surface area is 198 Å². The number of nitrogens with zero attached hydrogens (tertiary/aromatic N) is 7. The van der Waals surface area contributed by atoms with Crippen molar-refractivity contribution in [3.8, 4) is 11.3 Å². The zero-order valence-electron chi connectivity index (χ0n) is 18.0. The van der Waals surface area contributed by atoms with E-state index in [1.807, 2.05) is 24.3 Å². The van der Waals surface area contributed by atoms with E-state index in [-0.39, 0.29) is 6.04 Å². The molecule has 0 bridgehead atoms. The number of rotatable bonds is 4. The molecule has 0 spiro atoms. The molecule has 2 fully saturated rings. The van der Waals surface area contributed by atoms with Crippen molar-refractivity contribution >= 4 is 40.8 Å². The minimum Gasteiger partial charge on any atom is -0.352 e. The largest absolute Gasteiger partial charge is 0.352 e. The van der Waals surface area contributed by atoms with E-state index < -0.39 is 0 Å². The van der Waals surface area contributed by atoms with Crippen molar-refractivity contribution in [2.75, 3.05) is 47.4 Å². The van der Waals surface area contributed by atoms with E-state index >= 15 is 0 Å². The topological polar surface area (TPSA) is 61.3 Å². The molecule has 166 valence electrons. The number of piperazine rings is 1. The Hall–Kier alpha value is -2.64. The van der Waals surface area contributed by atoms with Crippen molar-refractivity contribution in [2.45, 2.75) is 25.8 Å². The van der Waals surface area contributed by atoms with Crippen molar-refractivity contribution in [3.63, 3.8) is 0 Å². The molecule has 5 heterocycles. The summed E-state index contributed by atoms with van der Waals surface area (Å²) in [6.07, 6.45) is 7.56. The normalized spacial score (nSPS) is 19.0. The van der Waals surface area contributed by atoms with Gasteiger partial charge in [0.1, 0.15) is 11.6 Å². The maximum Gasteiger partial charge on any atom is 0.227 e. The van der Waals surface area contributed by atoms with Crippen LogP contribution in [0.4, 0.5) is 17.6 Å². The Morgan fingerprint density at radius 2 is 1.81 bits per heavy atom. The summed E-state index contributed by atoms with van der Waals surface area (Å²) in [5.74, 6) is 2.54. The lowest BCUT2D eigenvalue weighted by Gasteiger charge is -2.41. The van der Waals surface area contributed by atoms with Crippen LogP contribution >= 0.6 is 23.2 Å². The van der Waals surface area contributed by atoms with Crippen LogP contribution in [0, 0.1) is 0 Å². The lowest BCUT2D eigenvalue weighted by atomic mass is 10.1. The molecule has 3 aromatic heterocycles. The first-order chi connectivity index (χ1) is 15.6. The van der Waals surface area contributed by atoms with Gasteiger partial charge in [0.05, 0.1) is 15.7 Å². The minimum atomic E-state index is 0.230. The summed E-state index contributed by atoms with van der Waals surface area (Å²) >= 11 is 12.6. The van der Waals surface area contributed by atoms with E-state index in [4.69, 9.17) is 33.2 Å². The monoisotopic (exact) mass is 469 g/mol. The Morgan fingerprint density at radius 1 is 0.969 bits per heavy atom. The van der Waals surface area contributed by atoms with Crippen molar-refractivity contribution in [1.82, 2.24) is 19.9 Å². The van der Waals surface area contributed by atoms with Crippen molar-refractivity contribution in [3.05, 3.63) is 52.9 Å². The van der Waals surface area contributed by atoms with Gasteiger partial charge in [0.25, 0.3) is 0 Å². The zero-order chi connectivity index (χ0) is 22.1. The van der Waals surface area contributed by atoms with E-state index in [9.17, 15) is 0 Å². The van der Waals surface area contributed by atoms with Gasteiger partial charge in [-0.05, 0) is 38.0 Å². The zero-order valence-corrected chi connectivity index (χ0v) is 19.5. The number of hydrogen-bond acceptors (Lipinski definition) is 7. The average Bonchev–Trinajstić information content (AvgIpc) is 3.34. The summed E-state index contributed by atoms with van der Waals surface area (Å²) in [6, 6.07) is 7.93. The third-order valence-electron chi connectivity index (χ3n) is 6.05. The van der Waals surface area contributed by atoms with Gasteiger partial charge < -0.3 is 14.7 Å². The van der Waals surface area contributed by atoms with Crippen LogP contribution in [-0.2, 0) is 0 Å². The van der Waals surface area contributed by atoms with Gasteiger partial charge in [0.2, 0.25) is 5.95 Å². The molecule has 2 aliphatic rings. The SMILES string of the molecule is C[C@@H]1CN(c2ncccc2Cl)CCN1c1cc(-c2cncc(Cl)c2)nc(N2CCCC2)n1. The van der Waals surface area contributed by atoms with Gasteiger partial charge in [-0.25, -0.2) is 9.97 Å². The highest BCUT2D eigenvalue weighted by molar-refractivity contribution is 6.33. The quantitative estimate of drug-likeness (QED) is 0.554. The molecule has 1 atom stereocenters. The fourth-order valence-electron chi connectivity index (χ4n) is 4.43. The Morgan fingerprint density at radius 3 is 2.56 bits per heavy atom. The molecule has 0 aromatic carbocycles. The van der Waals surface area contributed by atoms with Crippen molar-refractivity contribution < 1.29 is 0 Å². The fourth-order valence-corrected chi connectivity index (χ4v) is 4.84. The van der Waals surface area contributed by atoms with Crippen LogP contribution < -0.4 is 14.7 Å². The van der Waals surface area contributed by atoms with Gasteiger partial charge in [-0.3, -0.25) is 4.98 Å². The van der Waals surface area contributed by atoms with E-state index in [2.05, 4.69) is 31.6 Å². The molecule has 32 heavy (non-hydrogen) atoms. The second-order valence-electron chi connectivity index (χ2n) is 8.29. The highest BCUT2D eigenvalue weighted by Gasteiger charge is 2.28. The molecule has 7 nitrogen and oxygen atoms in total. The van der Waals surface area contributed by atoms with Gasteiger partial charge in [-0.2, -0.15) is 4.98 Å². The first kappa shape index (κ1) is 21.2. The van der Waals surface area contributed by atoms with E-state index in [1.165, 1.54) is 12.8 Å². The fraction of sp³-hybridized carbons (Fsp3) is 0.391. The second-order valence-corrected chi connectivity index (χ2v) is 9.14. The summed E-state index contributed by atoms with van der Waals surface area (Å²) in [7, 11) is 0. The summed E-state index contributed by atoms with van der Waals surface area (Å²) in [5, 5.41) is 1.28. The van der Waals surface area contributed by atoms with Gasteiger partial charge in [-0.1, -0.05) is 23.2 Å². The molecule has 0 aliphatic carbocycles. The van der Waals surface area contributed by atoms with Crippen molar-refractivity contribution in [2.24, 2.45) is 0 Å². The molecule has 0 unspecified atom stereocenters. The molecular weight excluding hydrogens is 445 g/mol. The molecule has 0 amide bonds. The van der Waals surface area contributed by atoms with Crippen LogP contribution in [0.5, 0.6) is 0 Å². The highest BCUT2D eigenvalue weighted by atomic mass is 35.5. The molecule has 2 aliphatic heterocycles. The maximum absolute atomic E-state index is 6.39. The summed E-state index contributed by atoms with van der Waals surface area (Å²) < 4.78 is 0. The third-order valence-corrected chi connectivity index (χ3v) is 6.55. The minimum absolute atomic E-state index is 0.230. The summed E-state index contributed by atoms with van der Waals surface area (Å²) in [5.41, 5.74) is 1.74. The number of hydrogen-bond donors (Lipinski definition) is 0. The Bertz CT molecular complexity index is 1100. The van der Waals surface area contributed by atoms with E-state index in [0.717, 1.165) is 61.6 Å². The summed E-state index contributed by atoms with van der Waals surface area (Å²) in [6.45, 7) is 6.63. The van der Waals surface area contributed by atoms with E-state index in [1.54, 1.807) is 18.6 Å². The Kier molecular flexibility index (Phi) is 6.02. The third kappa shape index (κ3) is 4.32. The number of pyridine rings is 2. The maximum atomic E-state index is 6.39. The number of anilines is 3. The molecule has 2 saturated heterocycles. The predicted molar refractivity (Wildman–Crippen MR) is 130 cm³/mol. The lowest BCUT2D eigenvalue weighted by molar-refractivity contribution is 0.542.